The summed E-state index contributed by atoms with van der Waals surface area (Å²) in [6, 6.07) is 12.7. The van der Waals surface area contributed by atoms with Gasteiger partial charge in [0.25, 0.3) is 0 Å². The average Bonchev–Trinajstić information content (AvgIpc) is 2.27. The van der Waals surface area contributed by atoms with Crippen molar-refractivity contribution in [2.75, 3.05) is 0 Å². The Morgan fingerprint density at radius 1 is 1.00 bits per heavy atom. The molecule has 0 saturated carbocycles. The zero-order chi connectivity index (χ0) is 11.5. The molecule has 0 aliphatic carbocycles. The van der Waals surface area contributed by atoms with Crippen LogP contribution in [0, 0.1) is 9.39 Å². The summed E-state index contributed by atoms with van der Waals surface area (Å²) in [5.74, 6) is -0.181. The maximum atomic E-state index is 13.3. The minimum Gasteiger partial charge on any atom is -0.206 e. The van der Waals surface area contributed by atoms with Crippen molar-refractivity contribution in [3.63, 3.8) is 0 Å². The summed E-state index contributed by atoms with van der Waals surface area (Å²) < 4.78 is 13.9. The molecule has 0 heterocycles. The van der Waals surface area contributed by atoms with Gasteiger partial charge in [-0.25, -0.2) is 4.39 Å². The van der Waals surface area contributed by atoms with E-state index >= 15 is 0 Å². The van der Waals surface area contributed by atoms with Gasteiger partial charge in [0.05, 0.1) is 0 Å². The Morgan fingerprint density at radius 3 is 2.25 bits per heavy atom. The quantitative estimate of drug-likeness (QED) is 0.657. The molecule has 82 valence electrons. The third-order valence-corrected chi connectivity index (χ3v) is 4.06. The van der Waals surface area contributed by atoms with E-state index in [1.54, 1.807) is 12.1 Å². The first-order chi connectivity index (χ1) is 7.65. The molecule has 0 bridgehead atoms. The molecule has 2 aromatic carbocycles. The highest BCUT2D eigenvalue weighted by molar-refractivity contribution is 14.1. The molecule has 2 aromatic rings. The SMILES string of the molecule is Fc1cc(Sc2ccc(Cl)cc2)ccc1I. The van der Waals surface area contributed by atoms with Crippen LogP contribution in [0.25, 0.3) is 0 Å². The van der Waals surface area contributed by atoms with E-state index in [1.165, 1.54) is 11.8 Å². The number of hydrogen-bond donors (Lipinski definition) is 0. The highest BCUT2D eigenvalue weighted by atomic mass is 127. The summed E-state index contributed by atoms with van der Waals surface area (Å²) in [6.07, 6.45) is 0. The maximum absolute atomic E-state index is 13.3. The zero-order valence-corrected chi connectivity index (χ0v) is 11.8. The Labute approximate surface area is 116 Å². The van der Waals surface area contributed by atoms with E-state index in [2.05, 4.69) is 0 Å². The molecule has 0 aromatic heterocycles. The van der Waals surface area contributed by atoms with Gasteiger partial charge in [0.2, 0.25) is 0 Å². The van der Waals surface area contributed by atoms with Crippen LogP contribution in [0.3, 0.4) is 0 Å². The third-order valence-electron chi connectivity index (χ3n) is 1.94. The van der Waals surface area contributed by atoms with Crippen LogP contribution < -0.4 is 0 Å². The summed E-state index contributed by atoms with van der Waals surface area (Å²) in [5.41, 5.74) is 0. The topological polar surface area (TPSA) is 0 Å². The molecule has 0 aliphatic heterocycles. The first-order valence-corrected chi connectivity index (χ1v) is 6.81. The van der Waals surface area contributed by atoms with Crippen LogP contribution in [-0.4, -0.2) is 0 Å². The largest absolute Gasteiger partial charge is 0.206 e. The Kier molecular flexibility index (Phi) is 4.10. The van der Waals surface area contributed by atoms with E-state index < -0.39 is 0 Å². The van der Waals surface area contributed by atoms with Crippen molar-refractivity contribution in [2.45, 2.75) is 9.79 Å². The fourth-order valence-electron chi connectivity index (χ4n) is 1.18. The molecular weight excluding hydrogens is 358 g/mol. The van der Waals surface area contributed by atoms with Crippen LogP contribution in [0.5, 0.6) is 0 Å². The van der Waals surface area contributed by atoms with Gasteiger partial charge in [-0.05, 0) is 65.1 Å². The van der Waals surface area contributed by atoms with Crippen molar-refractivity contribution in [1.82, 2.24) is 0 Å². The first kappa shape index (κ1) is 12.2. The second-order valence-corrected chi connectivity index (χ2v) is 5.88. The number of halogens is 3. The van der Waals surface area contributed by atoms with Crippen LogP contribution >= 0.6 is 46.0 Å². The predicted octanol–water partition coefficient (Wildman–Crippen LogP) is 5.23. The van der Waals surface area contributed by atoms with Crippen LogP contribution in [-0.2, 0) is 0 Å². The van der Waals surface area contributed by atoms with Crippen molar-refractivity contribution in [3.8, 4) is 0 Å². The fraction of sp³-hybridized carbons (Fsp3) is 0. The number of rotatable bonds is 2. The fourth-order valence-corrected chi connectivity index (χ4v) is 2.48. The second kappa shape index (κ2) is 5.38. The molecule has 16 heavy (non-hydrogen) atoms. The number of benzene rings is 2. The van der Waals surface area contributed by atoms with Gasteiger partial charge in [-0.2, -0.15) is 0 Å². The molecule has 4 heteroatoms. The lowest BCUT2D eigenvalue weighted by molar-refractivity contribution is 0.616. The Bertz CT molecular complexity index is 499. The Hall–Kier alpha value is -0.260. The predicted molar refractivity (Wildman–Crippen MR) is 74.7 cm³/mol. The van der Waals surface area contributed by atoms with E-state index in [0.29, 0.717) is 8.59 Å². The van der Waals surface area contributed by atoms with Gasteiger partial charge in [-0.3, -0.25) is 0 Å². The van der Waals surface area contributed by atoms with E-state index in [0.717, 1.165) is 9.79 Å². The van der Waals surface area contributed by atoms with E-state index in [9.17, 15) is 4.39 Å². The van der Waals surface area contributed by atoms with Crippen molar-refractivity contribution in [2.24, 2.45) is 0 Å². The minimum atomic E-state index is -0.181. The monoisotopic (exact) mass is 364 g/mol. The normalized spacial score (nSPS) is 10.4. The first-order valence-electron chi connectivity index (χ1n) is 4.53. The van der Waals surface area contributed by atoms with Crippen molar-refractivity contribution in [3.05, 3.63) is 56.9 Å². The van der Waals surface area contributed by atoms with Gasteiger partial charge in [0, 0.05) is 18.4 Å². The van der Waals surface area contributed by atoms with Gasteiger partial charge in [0.1, 0.15) is 5.82 Å². The highest BCUT2D eigenvalue weighted by Gasteiger charge is 2.02. The molecule has 0 radical (unpaired) electrons. The lowest BCUT2D eigenvalue weighted by Gasteiger charge is -2.02. The molecule has 0 saturated heterocycles. The van der Waals surface area contributed by atoms with Gasteiger partial charge in [-0.15, -0.1) is 0 Å². The van der Waals surface area contributed by atoms with E-state index in [1.807, 2.05) is 52.9 Å². The van der Waals surface area contributed by atoms with Crippen molar-refractivity contribution >= 4 is 46.0 Å². The molecule has 0 aliphatic rings. The smallest absolute Gasteiger partial charge is 0.137 e. The molecule has 0 N–H and O–H groups in total. The molecule has 2 rings (SSSR count). The van der Waals surface area contributed by atoms with Crippen LogP contribution in [0.4, 0.5) is 4.39 Å². The maximum Gasteiger partial charge on any atom is 0.137 e. The van der Waals surface area contributed by atoms with Gasteiger partial charge >= 0.3 is 0 Å². The summed E-state index contributed by atoms with van der Waals surface area (Å²) in [5, 5.41) is 0.707. The van der Waals surface area contributed by atoms with Crippen molar-refractivity contribution < 1.29 is 4.39 Å². The van der Waals surface area contributed by atoms with E-state index in [-0.39, 0.29) is 5.82 Å². The lowest BCUT2D eigenvalue weighted by Crippen LogP contribution is -1.81. The molecule has 0 unspecified atom stereocenters. The third kappa shape index (κ3) is 3.12. The number of hydrogen-bond acceptors (Lipinski definition) is 1. The van der Waals surface area contributed by atoms with Gasteiger partial charge in [-0.1, -0.05) is 23.4 Å². The van der Waals surface area contributed by atoms with Crippen LogP contribution in [0.15, 0.2) is 52.3 Å². The summed E-state index contributed by atoms with van der Waals surface area (Å²) in [6.45, 7) is 0. The molecule has 0 spiro atoms. The Morgan fingerprint density at radius 2 is 1.62 bits per heavy atom. The van der Waals surface area contributed by atoms with Crippen LogP contribution in [0.1, 0.15) is 0 Å². The zero-order valence-electron chi connectivity index (χ0n) is 8.08. The summed E-state index contributed by atoms with van der Waals surface area (Å²) in [7, 11) is 0. The lowest BCUT2D eigenvalue weighted by atomic mass is 10.3. The molecule has 0 nitrogen and oxygen atoms in total. The minimum absolute atomic E-state index is 0.181. The average molecular weight is 365 g/mol. The highest BCUT2D eigenvalue weighted by Crippen LogP contribution is 2.29. The molecule has 0 fully saturated rings. The molecular formula is C12H7ClFIS. The standard InChI is InChI=1S/C12H7ClFIS/c13-8-1-3-9(4-2-8)16-10-5-6-12(15)11(14)7-10/h1-7H. The van der Waals surface area contributed by atoms with Crippen molar-refractivity contribution in [1.29, 1.82) is 0 Å². The summed E-state index contributed by atoms with van der Waals surface area (Å²) in [4.78, 5) is 1.94. The molecule has 0 atom stereocenters. The van der Waals surface area contributed by atoms with Crippen LogP contribution in [0.2, 0.25) is 5.02 Å². The van der Waals surface area contributed by atoms with E-state index in [4.69, 9.17) is 11.6 Å². The molecule has 0 amide bonds. The van der Waals surface area contributed by atoms with Gasteiger partial charge < -0.3 is 0 Å². The Balaban J connectivity index is 2.20. The summed E-state index contributed by atoms with van der Waals surface area (Å²) >= 11 is 9.28. The van der Waals surface area contributed by atoms with Gasteiger partial charge in [0.15, 0.2) is 0 Å². The second-order valence-electron chi connectivity index (χ2n) is 3.13.